The minimum absolute atomic E-state index is 0.417. The van der Waals surface area contributed by atoms with Gasteiger partial charge < -0.3 is 0 Å². The first kappa shape index (κ1) is 11.6. The van der Waals surface area contributed by atoms with E-state index in [1.54, 1.807) is 6.08 Å². The lowest BCUT2D eigenvalue weighted by Gasteiger charge is -2.05. The first-order valence-electron chi connectivity index (χ1n) is 5.70. The van der Waals surface area contributed by atoms with E-state index in [9.17, 15) is 4.39 Å². The maximum absolute atomic E-state index is 12.0. The van der Waals surface area contributed by atoms with Crippen molar-refractivity contribution in [2.24, 2.45) is 0 Å². The number of halogens is 1. The largest absolute Gasteiger partial charge is 0.247 e. The summed E-state index contributed by atoms with van der Waals surface area (Å²) in [5, 5.41) is 0. The van der Waals surface area contributed by atoms with Gasteiger partial charge in [-0.25, -0.2) is 4.39 Å². The molecule has 0 saturated heterocycles. The predicted octanol–water partition coefficient (Wildman–Crippen LogP) is 4.64. The summed E-state index contributed by atoms with van der Waals surface area (Å²) in [6.07, 6.45) is 3.31. The summed E-state index contributed by atoms with van der Waals surface area (Å²) >= 11 is 0. The molecule has 0 aliphatic heterocycles. The van der Waals surface area contributed by atoms with E-state index in [1.165, 1.54) is 22.8 Å². The highest BCUT2D eigenvalue weighted by Gasteiger charge is 1.99. The third-order valence-electron chi connectivity index (χ3n) is 2.77. The van der Waals surface area contributed by atoms with Crippen molar-refractivity contribution in [1.82, 2.24) is 0 Å². The zero-order valence-corrected chi connectivity index (χ0v) is 9.86. The van der Waals surface area contributed by atoms with Crippen LogP contribution < -0.4 is 0 Å². The Morgan fingerprint density at radius 2 is 1.71 bits per heavy atom. The van der Waals surface area contributed by atoms with Crippen LogP contribution in [0.4, 0.5) is 4.39 Å². The number of hydrogen-bond donors (Lipinski definition) is 0. The van der Waals surface area contributed by atoms with Crippen LogP contribution in [0.25, 0.3) is 17.2 Å². The molecule has 2 aromatic rings. The number of aryl methyl sites for hydroxylation is 1. The number of benzene rings is 2. The van der Waals surface area contributed by atoms with Crippen molar-refractivity contribution >= 4 is 6.08 Å². The summed E-state index contributed by atoms with van der Waals surface area (Å²) in [6, 6.07) is 16.5. The van der Waals surface area contributed by atoms with E-state index in [4.69, 9.17) is 0 Å². The molecular formula is C16H15F. The van der Waals surface area contributed by atoms with Crippen LogP contribution in [0.5, 0.6) is 0 Å². The molecule has 0 aliphatic rings. The third kappa shape index (κ3) is 2.82. The molecule has 86 valence electrons. The Hall–Kier alpha value is -1.89. The van der Waals surface area contributed by atoms with Crippen molar-refractivity contribution < 1.29 is 4.39 Å². The van der Waals surface area contributed by atoms with E-state index >= 15 is 0 Å². The maximum atomic E-state index is 12.0. The van der Waals surface area contributed by atoms with Crippen LogP contribution in [0.3, 0.4) is 0 Å². The van der Waals surface area contributed by atoms with E-state index in [1.807, 2.05) is 24.3 Å². The SMILES string of the molecule is Cc1ccccc1-c1ccc(/C=C\CF)cc1. The van der Waals surface area contributed by atoms with Crippen molar-refractivity contribution in [2.45, 2.75) is 6.92 Å². The number of rotatable bonds is 3. The molecule has 0 aromatic heterocycles. The second-order valence-corrected chi connectivity index (χ2v) is 3.99. The maximum Gasteiger partial charge on any atom is 0.108 e. The monoisotopic (exact) mass is 226 g/mol. The molecule has 0 radical (unpaired) electrons. The minimum Gasteiger partial charge on any atom is -0.247 e. The summed E-state index contributed by atoms with van der Waals surface area (Å²) in [5.74, 6) is 0. The first-order chi connectivity index (χ1) is 8.31. The molecule has 0 amide bonds. The quantitative estimate of drug-likeness (QED) is 0.715. The molecule has 2 rings (SSSR count). The van der Waals surface area contributed by atoms with Gasteiger partial charge in [-0.2, -0.15) is 0 Å². The summed E-state index contributed by atoms with van der Waals surface area (Å²) in [5.41, 5.74) is 4.73. The van der Waals surface area contributed by atoms with Gasteiger partial charge >= 0.3 is 0 Å². The lowest BCUT2D eigenvalue weighted by Crippen LogP contribution is -1.82. The molecule has 0 heterocycles. The molecule has 0 unspecified atom stereocenters. The van der Waals surface area contributed by atoms with Gasteiger partial charge in [0.05, 0.1) is 0 Å². The van der Waals surface area contributed by atoms with Gasteiger partial charge in [0.15, 0.2) is 0 Å². The highest BCUT2D eigenvalue weighted by atomic mass is 19.1. The third-order valence-corrected chi connectivity index (χ3v) is 2.77. The van der Waals surface area contributed by atoms with Crippen LogP contribution in [0.2, 0.25) is 0 Å². The summed E-state index contributed by atoms with van der Waals surface area (Å²) in [7, 11) is 0. The summed E-state index contributed by atoms with van der Waals surface area (Å²) < 4.78 is 12.0. The molecule has 1 heteroatoms. The van der Waals surface area contributed by atoms with Gasteiger partial charge in [-0.3, -0.25) is 0 Å². The summed E-state index contributed by atoms with van der Waals surface area (Å²) in [4.78, 5) is 0. The van der Waals surface area contributed by atoms with Gasteiger partial charge in [0.1, 0.15) is 6.67 Å². The summed E-state index contributed by atoms with van der Waals surface area (Å²) in [6.45, 7) is 1.69. The fraction of sp³-hybridized carbons (Fsp3) is 0.125. The average molecular weight is 226 g/mol. The lowest BCUT2D eigenvalue weighted by atomic mass is 9.99. The Morgan fingerprint density at radius 1 is 1.00 bits per heavy atom. The molecule has 0 fully saturated rings. The molecule has 17 heavy (non-hydrogen) atoms. The van der Waals surface area contributed by atoms with Crippen molar-refractivity contribution in [2.75, 3.05) is 6.67 Å². The molecule has 0 aliphatic carbocycles. The second-order valence-electron chi connectivity index (χ2n) is 3.99. The van der Waals surface area contributed by atoms with E-state index in [0.29, 0.717) is 0 Å². The molecule has 0 saturated carbocycles. The Labute approximate surface area is 101 Å². The van der Waals surface area contributed by atoms with E-state index in [2.05, 4.69) is 31.2 Å². The predicted molar refractivity (Wildman–Crippen MR) is 71.6 cm³/mol. The molecule has 2 aromatic carbocycles. The highest BCUT2D eigenvalue weighted by Crippen LogP contribution is 2.23. The van der Waals surface area contributed by atoms with Gasteiger partial charge in [0.2, 0.25) is 0 Å². The first-order valence-corrected chi connectivity index (χ1v) is 5.70. The zero-order valence-electron chi connectivity index (χ0n) is 9.86. The number of hydrogen-bond acceptors (Lipinski definition) is 0. The molecule has 0 atom stereocenters. The van der Waals surface area contributed by atoms with Crippen LogP contribution in [0.1, 0.15) is 11.1 Å². The van der Waals surface area contributed by atoms with Gasteiger partial charge in [-0.05, 0) is 29.2 Å². The van der Waals surface area contributed by atoms with Crippen LogP contribution in [-0.2, 0) is 0 Å². The van der Waals surface area contributed by atoms with Gasteiger partial charge in [-0.1, -0.05) is 60.7 Å². The Kier molecular flexibility index (Phi) is 3.71. The van der Waals surface area contributed by atoms with Crippen molar-refractivity contribution in [3.8, 4) is 11.1 Å². The number of allylic oxidation sites excluding steroid dienone is 1. The highest BCUT2D eigenvalue weighted by molar-refractivity contribution is 5.68. The van der Waals surface area contributed by atoms with Crippen LogP contribution in [0, 0.1) is 6.92 Å². The lowest BCUT2D eigenvalue weighted by molar-refractivity contribution is 0.563. The standard InChI is InChI=1S/C16H15F/c1-13-5-2-3-7-16(13)15-10-8-14(9-11-15)6-4-12-17/h2-11H,12H2,1H3/b6-4-. The van der Waals surface area contributed by atoms with E-state index in [0.717, 1.165) is 5.56 Å². The Bertz CT molecular complexity index is 509. The van der Waals surface area contributed by atoms with E-state index in [-0.39, 0.29) is 0 Å². The second kappa shape index (κ2) is 5.44. The molecule has 0 spiro atoms. The zero-order chi connectivity index (χ0) is 12.1. The van der Waals surface area contributed by atoms with Crippen molar-refractivity contribution in [3.63, 3.8) is 0 Å². The van der Waals surface area contributed by atoms with Gasteiger partial charge in [0.25, 0.3) is 0 Å². The molecule has 0 nitrogen and oxygen atoms in total. The molecular weight excluding hydrogens is 211 g/mol. The van der Waals surface area contributed by atoms with Crippen LogP contribution in [-0.4, -0.2) is 6.67 Å². The van der Waals surface area contributed by atoms with Crippen LogP contribution >= 0.6 is 0 Å². The minimum atomic E-state index is -0.417. The van der Waals surface area contributed by atoms with Crippen molar-refractivity contribution in [3.05, 3.63) is 65.7 Å². The molecule has 0 N–H and O–H groups in total. The van der Waals surface area contributed by atoms with E-state index < -0.39 is 6.67 Å². The fourth-order valence-electron chi connectivity index (χ4n) is 1.85. The van der Waals surface area contributed by atoms with Crippen molar-refractivity contribution in [1.29, 1.82) is 0 Å². The topological polar surface area (TPSA) is 0 Å². The van der Waals surface area contributed by atoms with Gasteiger partial charge in [0, 0.05) is 0 Å². The normalized spacial score (nSPS) is 10.9. The smallest absolute Gasteiger partial charge is 0.108 e. The van der Waals surface area contributed by atoms with Gasteiger partial charge in [-0.15, -0.1) is 0 Å². The fourth-order valence-corrected chi connectivity index (χ4v) is 1.85. The average Bonchev–Trinajstić information content (AvgIpc) is 2.38. The van der Waals surface area contributed by atoms with Crippen LogP contribution in [0.15, 0.2) is 54.6 Å². The Balaban J connectivity index is 2.30. The number of alkyl halides is 1. The molecule has 0 bridgehead atoms. The Morgan fingerprint density at radius 3 is 2.35 bits per heavy atom.